The van der Waals surface area contributed by atoms with E-state index in [2.05, 4.69) is 88.0 Å². The maximum Gasteiger partial charge on any atom is 0.212 e. The number of nitrogens with zero attached hydrogens (tertiary/aromatic N) is 1. The molecule has 2 aromatic carbocycles. The first kappa shape index (κ1) is 19.9. The third kappa shape index (κ3) is 3.88. The molecule has 0 radical (unpaired) electrons. The lowest BCUT2D eigenvalue weighted by Gasteiger charge is -2.22. The van der Waals surface area contributed by atoms with Crippen molar-refractivity contribution < 1.29 is 4.57 Å². The first-order valence-corrected chi connectivity index (χ1v) is 11.1. The fourth-order valence-electron chi connectivity index (χ4n) is 5.33. The lowest BCUT2D eigenvalue weighted by atomic mass is 9.83. The second kappa shape index (κ2) is 8.14. The second-order valence-electron chi connectivity index (χ2n) is 9.04. The minimum Gasteiger partial charge on any atom is -0.201 e. The molecule has 1 aliphatic carbocycles. The van der Waals surface area contributed by atoms with Crippen LogP contribution in [0.3, 0.4) is 0 Å². The smallest absolute Gasteiger partial charge is 0.201 e. The lowest BCUT2D eigenvalue weighted by Crippen LogP contribution is -2.31. The van der Waals surface area contributed by atoms with Crippen molar-refractivity contribution in [1.29, 1.82) is 0 Å². The summed E-state index contributed by atoms with van der Waals surface area (Å²) in [5, 5.41) is 0. The Labute approximate surface area is 176 Å². The molecule has 0 spiro atoms. The minimum atomic E-state index is 0.730. The topological polar surface area (TPSA) is 3.88 Å². The molecule has 0 unspecified atom stereocenters. The van der Waals surface area contributed by atoms with Gasteiger partial charge in [0.2, 0.25) is 5.69 Å². The van der Waals surface area contributed by atoms with Crippen LogP contribution < -0.4 is 4.57 Å². The second-order valence-corrected chi connectivity index (χ2v) is 9.04. The molecule has 1 fully saturated rings. The number of aromatic nitrogens is 1. The Hall–Kier alpha value is -2.41. The van der Waals surface area contributed by atoms with Gasteiger partial charge in [-0.1, -0.05) is 49.1 Å². The number of hydrogen-bond acceptors (Lipinski definition) is 0. The summed E-state index contributed by atoms with van der Waals surface area (Å²) in [6.45, 7) is 8.96. The molecule has 150 valence electrons. The average molecular weight is 385 g/mol. The van der Waals surface area contributed by atoms with Gasteiger partial charge in [-0.3, -0.25) is 0 Å². The monoisotopic (exact) mass is 384 g/mol. The van der Waals surface area contributed by atoms with Crippen molar-refractivity contribution in [2.24, 2.45) is 7.05 Å². The van der Waals surface area contributed by atoms with Crippen molar-refractivity contribution in [3.63, 3.8) is 0 Å². The Morgan fingerprint density at radius 3 is 2.14 bits per heavy atom. The van der Waals surface area contributed by atoms with Crippen LogP contribution in [0.25, 0.3) is 22.4 Å². The molecule has 0 bridgehead atoms. The predicted molar refractivity (Wildman–Crippen MR) is 123 cm³/mol. The highest BCUT2D eigenvalue weighted by molar-refractivity contribution is 5.80. The Balaban J connectivity index is 1.82. The van der Waals surface area contributed by atoms with Crippen molar-refractivity contribution in [2.75, 3.05) is 0 Å². The summed E-state index contributed by atoms with van der Waals surface area (Å²) in [6, 6.07) is 16.2. The third-order valence-corrected chi connectivity index (χ3v) is 6.81. The molecule has 0 saturated heterocycles. The third-order valence-electron chi connectivity index (χ3n) is 6.81. The highest BCUT2D eigenvalue weighted by Crippen LogP contribution is 2.37. The molecule has 1 aliphatic rings. The number of hydrogen-bond donors (Lipinski definition) is 0. The zero-order valence-electron chi connectivity index (χ0n) is 18.7. The normalized spacial score (nSPS) is 14.9. The summed E-state index contributed by atoms with van der Waals surface area (Å²) in [6.07, 6.45) is 9.10. The van der Waals surface area contributed by atoms with Gasteiger partial charge < -0.3 is 0 Å². The van der Waals surface area contributed by atoms with Crippen LogP contribution in [0.5, 0.6) is 0 Å². The largest absolute Gasteiger partial charge is 0.212 e. The zero-order chi connectivity index (χ0) is 20.5. The SMILES string of the molecule is Cc1cc(C)c(-c2cccc(-c3cc(C4CCCCC4)cc[n+]3C)c2C)c(C)c1. The van der Waals surface area contributed by atoms with Crippen LogP contribution in [0.2, 0.25) is 0 Å². The first-order valence-electron chi connectivity index (χ1n) is 11.1. The fourth-order valence-corrected chi connectivity index (χ4v) is 5.33. The van der Waals surface area contributed by atoms with E-state index in [-0.39, 0.29) is 0 Å². The predicted octanol–water partition coefficient (Wildman–Crippen LogP) is 7.13. The maximum absolute atomic E-state index is 2.46. The molecule has 1 heterocycles. The Morgan fingerprint density at radius 1 is 0.793 bits per heavy atom. The molecule has 1 heteroatoms. The van der Waals surface area contributed by atoms with Gasteiger partial charge >= 0.3 is 0 Å². The highest BCUT2D eigenvalue weighted by Gasteiger charge is 2.21. The van der Waals surface area contributed by atoms with Gasteiger partial charge in [-0.15, -0.1) is 0 Å². The summed E-state index contributed by atoms with van der Waals surface area (Å²) in [7, 11) is 2.18. The van der Waals surface area contributed by atoms with Gasteiger partial charge in [0.1, 0.15) is 7.05 Å². The molecular formula is C28H34N+. The van der Waals surface area contributed by atoms with Gasteiger partial charge in [0.25, 0.3) is 0 Å². The molecule has 29 heavy (non-hydrogen) atoms. The molecule has 1 aromatic heterocycles. The summed E-state index contributed by atoms with van der Waals surface area (Å²) in [5.41, 5.74) is 12.4. The van der Waals surface area contributed by atoms with Crippen molar-refractivity contribution in [3.8, 4) is 22.4 Å². The van der Waals surface area contributed by atoms with Crippen molar-refractivity contribution in [1.82, 2.24) is 0 Å². The van der Waals surface area contributed by atoms with Gasteiger partial charge in [0.05, 0.1) is 0 Å². The van der Waals surface area contributed by atoms with Crippen LogP contribution >= 0.6 is 0 Å². The van der Waals surface area contributed by atoms with Gasteiger partial charge in [-0.2, -0.15) is 0 Å². The van der Waals surface area contributed by atoms with Crippen molar-refractivity contribution in [3.05, 3.63) is 76.5 Å². The van der Waals surface area contributed by atoms with Gasteiger partial charge in [0.15, 0.2) is 6.20 Å². The van der Waals surface area contributed by atoms with Gasteiger partial charge in [0, 0.05) is 17.7 Å². The van der Waals surface area contributed by atoms with Crippen LogP contribution in [0.1, 0.15) is 65.8 Å². The summed E-state index contributed by atoms with van der Waals surface area (Å²) in [4.78, 5) is 0. The van der Waals surface area contributed by atoms with Crippen LogP contribution in [-0.4, -0.2) is 0 Å². The summed E-state index contributed by atoms with van der Waals surface area (Å²) >= 11 is 0. The van der Waals surface area contributed by atoms with Crippen molar-refractivity contribution in [2.45, 2.75) is 65.7 Å². The number of benzene rings is 2. The van der Waals surface area contributed by atoms with E-state index < -0.39 is 0 Å². The lowest BCUT2D eigenvalue weighted by molar-refractivity contribution is -0.660. The van der Waals surface area contributed by atoms with Crippen LogP contribution in [0.4, 0.5) is 0 Å². The van der Waals surface area contributed by atoms with Crippen molar-refractivity contribution >= 4 is 0 Å². The molecule has 0 N–H and O–H groups in total. The number of rotatable bonds is 3. The van der Waals surface area contributed by atoms with E-state index in [1.165, 1.54) is 82.3 Å². The average Bonchev–Trinajstić information content (AvgIpc) is 2.70. The number of aryl methyl sites for hydroxylation is 4. The molecule has 0 amide bonds. The maximum atomic E-state index is 2.46. The Morgan fingerprint density at radius 2 is 1.45 bits per heavy atom. The van der Waals surface area contributed by atoms with Crippen LogP contribution in [-0.2, 0) is 7.05 Å². The summed E-state index contributed by atoms with van der Waals surface area (Å²) in [5.74, 6) is 0.730. The molecule has 0 atom stereocenters. The van der Waals surface area contributed by atoms with E-state index in [4.69, 9.17) is 0 Å². The van der Waals surface area contributed by atoms with Crippen LogP contribution in [0, 0.1) is 27.7 Å². The molecule has 0 aliphatic heterocycles. The van der Waals surface area contributed by atoms with E-state index in [1.807, 2.05) is 0 Å². The summed E-state index contributed by atoms with van der Waals surface area (Å²) < 4.78 is 2.29. The number of pyridine rings is 1. The van der Waals surface area contributed by atoms with E-state index in [0.29, 0.717) is 0 Å². The molecule has 1 nitrogen and oxygen atoms in total. The van der Waals surface area contributed by atoms with E-state index in [0.717, 1.165) is 5.92 Å². The van der Waals surface area contributed by atoms with Gasteiger partial charge in [-0.05, 0) is 85.9 Å². The first-order chi connectivity index (χ1) is 14.0. The highest BCUT2D eigenvalue weighted by atomic mass is 14.9. The Kier molecular flexibility index (Phi) is 5.58. The standard InChI is InChI=1S/C28H34N/c1-19-16-20(2)28(21(3)17-19)26-13-9-12-25(22(26)4)27-18-24(14-15-29(27)5)23-10-7-6-8-11-23/h9,12-18,23H,6-8,10-11H2,1-5H3/q+1. The quantitative estimate of drug-likeness (QED) is 0.423. The molecular weight excluding hydrogens is 350 g/mol. The molecule has 3 aromatic rings. The molecule has 1 saturated carbocycles. The van der Waals surface area contributed by atoms with E-state index >= 15 is 0 Å². The fraction of sp³-hybridized carbons (Fsp3) is 0.393. The van der Waals surface area contributed by atoms with E-state index in [1.54, 1.807) is 0 Å². The van der Waals surface area contributed by atoms with Crippen LogP contribution in [0.15, 0.2) is 48.7 Å². The zero-order valence-corrected chi connectivity index (χ0v) is 18.7. The minimum absolute atomic E-state index is 0.730. The van der Waals surface area contributed by atoms with E-state index in [9.17, 15) is 0 Å². The Bertz CT molecular complexity index is 1020. The molecule has 4 rings (SSSR count). The van der Waals surface area contributed by atoms with Gasteiger partial charge in [-0.25, -0.2) is 4.57 Å².